The zero-order valence-electron chi connectivity index (χ0n) is 23.8. The monoisotopic (exact) mass is 509 g/mol. The molecule has 0 aliphatic heterocycles. The fraction of sp³-hybridized carbons (Fsp3) is 0.500. The number of nitrogens with one attached hydrogen (secondary N) is 2. The molecule has 2 aromatic rings. The van der Waals surface area contributed by atoms with Gasteiger partial charge in [0.2, 0.25) is 5.91 Å². The molecule has 0 heterocycles. The van der Waals surface area contributed by atoms with Crippen LogP contribution in [-0.2, 0) is 14.3 Å². The van der Waals surface area contributed by atoms with Gasteiger partial charge in [0.05, 0.1) is 0 Å². The quantitative estimate of drug-likeness (QED) is 0.429. The molecule has 2 aromatic carbocycles. The van der Waals surface area contributed by atoms with Crippen LogP contribution in [0.2, 0.25) is 0 Å². The van der Waals surface area contributed by atoms with Crippen molar-refractivity contribution in [2.45, 2.75) is 86.4 Å². The van der Waals surface area contributed by atoms with E-state index in [0.29, 0.717) is 18.7 Å². The van der Waals surface area contributed by atoms with E-state index >= 15 is 0 Å². The van der Waals surface area contributed by atoms with E-state index in [1.807, 2.05) is 84.0 Å². The lowest BCUT2D eigenvalue weighted by Gasteiger charge is -2.36. The van der Waals surface area contributed by atoms with E-state index in [0.717, 1.165) is 22.3 Å². The standard InChI is InChI=1S/C30H43N3O4/c1-10-18-33(28(35)25(19(2)3)32-29(36)37-30(7,8)9)26(23-16-13-15-20(4)22(23)6)27(34)31-24-17-12-11-14-21(24)5/h11-17,19,25-26H,10,18H2,1-9H3,(H,31,34)(H,32,36). The van der Waals surface area contributed by atoms with Gasteiger partial charge in [-0.15, -0.1) is 0 Å². The van der Waals surface area contributed by atoms with E-state index in [9.17, 15) is 14.4 Å². The van der Waals surface area contributed by atoms with Crippen LogP contribution in [0, 0.1) is 26.7 Å². The second-order valence-electron chi connectivity index (χ2n) is 10.9. The highest BCUT2D eigenvalue weighted by atomic mass is 16.6. The molecule has 7 heteroatoms. The van der Waals surface area contributed by atoms with Crippen LogP contribution in [0.25, 0.3) is 0 Å². The summed E-state index contributed by atoms with van der Waals surface area (Å²) < 4.78 is 5.43. The maximum Gasteiger partial charge on any atom is 0.408 e. The van der Waals surface area contributed by atoms with Crippen molar-refractivity contribution in [3.63, 3.8) is 0 Å². The number of rotatable bonds is 9. The third-order valence-electron chi connectivity index (χ3n) is 6.26. The number of carbonyl (C=O) groups excluding carboxylic acids is 3. The first-order valence-corrected chi connectivity index (χ1v) is 13.0. The Morgan fingerprint density at radius 2 is 1.57 bits per heavy atom. The number of carbonyl (C=O) groups is 3. The van der Waals surface area contributed by atoms with E-state index in [2.05, 4.69) is 10.6 Å². The molecule has 0 saturated heterocycles. The summed E-state index contributed by atoms with van der Waals surface area (Å²) in [5.74, 6) is -0.851. The maximum atomic E-state index is 14.1. The van der Waals surface area contributed by atoms with Gasteiger partial charge in [0.25, 0.3) is 5.91 Å². The van der Waals surface area contributed by atoms with Crippen molar-refractivity contribution in [3.8, 4) is 0 Å². The summed E-state index contributed by atoms with van der Waals surface area (Å²) in [7, 11) is 0. The Bertz CT molecular complexity index is 1100. The number of para-hydroxylation sites is 1. The number of benzene rings is 2. The number of ether oxygens (including phenoxy) is 1. The predicted octanol–water partition coefficient (Wildman–Crippen LogP) is 6.08. The van der Waals surface area contributed by atoms with E-state index < -0.39 is 23.8 Å². The first-order chi connectivity index (χ1) is 17.3. The normalized spacial score (nSPS) is 13.0. The minimum Gasteiger partial charge on any atom is -0.444 e. The molecule has 0 fully saturated rings. The second kappa shape index (κ2) is 12.7. The van der Waals surface area contributed by atoms with Crippen molar-refractivity contribution < 1.29 is 19.1 Å². The van der Waals surface area contributed by atoms with E-state index in [4.69, 9.17) is 4.74 Å². The highest BCUT2D eigenvalue weighted by Crippen LogP contribution is 2.30. The van der Waals surface area contributed by atoms with Crippen LogP contribution in [0.4, 0.5) is 10.5 Å². The first-order valence-electron chi connectivity index (χ1n) is 13.0. The van der Waals surface area contributed by atoms with Crippen LogP contribution in [0.1, 0.15) is 76.3 Å². The van der Waals surface area contributed by atoms with Crippen LogP contribution in [0.3, 0.4) is 0 Å². The van der Waals surface area contributed by atoms with Crippen molar-refractivity contribution in [2.75, 3.05) is 11.9 Å². The van der Waals surface area contributed by atoms with Crippen molar-refractivity contribution in [1.82, 2.24) is 10.2 Å². The lowest BCUT2D eigenvalue weighted by molar-refractivity contribution is -0.141. The van der Waals surface area contributed by atoms with Gasteiger partial charge in [-0.3, -0.25) is 9.59 Å². The largest absolute Gasteiger partial charge is 0.444 e. The van der Waals surface area contributed by atoms with Gasteiger partial charge in [-0.25, -0.2) is 4.79 Å². The van der Waals surface area contributed by atoms with E-state index in [1.54, 1.807) is 25.7 Å². The van der Waals surface area contributed by atoms with Gasteiger partial charge >= 0.3 is 6.09 Å². The zero-order chi connectivity index (χ0) is 27.9. The minimum absolute atomic E-state index is 0.224. The molecule has 2 rings (SSSR count). The number of nitrogens with zero attached hydrogens (tertiary/aromatic N) is 1. The Morgan fingerprint density at radius 3 is 2.14 bits per heavy atom. The maximum absolute atomic E-state index is 14.1. The molecule has 2 atom stereocenters. The molecule has 7 nitrogen and oxygen atoms in total. The lowest BCUT2D eigenvalue weighted by Crippen LogP contribution is -2.54. The molecule has 0 aliphatic carbocycles. The lowest BCUT2D eigenvalue weighted by atomic mass is 9.93. The topological polar surface area (TPSA) is 87.7 Å². The molecule has 0 bridgehead atoms. The molecule has 202 valence electrons. The third-order valence-corrected chi connectivity index (χ3v) is 6.26. The summed E-state index contributed by atoms with van der Waals surface area (Å²) in [6.07, 6.45) is -0.0224. The van der Waals surface area contributed by atoms with E-state index in [1.165, 1.54) is 0 Å². The first kappa shape index (κ1) is 29.9. The van der Waals surface area contributed by atoms with Gasteiger partial charge in [0.1, 0.15) is 17.7 Å². The van der Waals surface area contributed by atoms with Crippen LogP contribution < -0.4 is 10.6 Å². The molecule has 2 N–H and O–H groups in total. The average Bonchev–Trinajstić information content (AvgIpc) is 2.79. The Hall–Kier alpha value is -3.35. The molecule has 0 spiro atoms. The van der Waals surface area contributed by atoms with Crippen LogP contribution in [0.15, 0.2) is 42.5 Å². The fourth-order valence-electron chi connectivity index (χ4n) is 4.17. The summed E-state index contributed by atoms with van der Waals surface area (Å²) in [6, 6.07) is 11.6. The number of aryl methyl sites for hydroxylation is 2. The zero-order valence-corrected chi connectivity index (χ0v) is 23.8. The molecule has 0 aromatic heterocycles. The summed E-state index contributed by atoms with van der Waals surface area (Å²) in [6.45, 7) is 17.2. The van der Waals surface area contributed by atoms with Crippen molar-refractivity contribution in [2.24, 2.45) is 5.92 Å². The van der Waals surface area contributed by atoms with Crippen molar-refractivity contribution in [1.29, 1.82) is 0 Å². The minimum atomic E-state index is -0.881. The van der Waals surface area contributed by atoms with E-state index in [-0.39, 0.29) is 17.7 Å². The Morgan fingerprint density at radius 1 is 0.946 bits per heavy atom. The van der Waals surface area contributed by atoms with Gasteiger partial charge in [-0.2, -0.15) is 0 Å². The van der Waals surface area contributed by atoms with Crippen LogP contribution >= 0.6 is 0 Å². The molecular weight excluding hydrogens is 466 g/mol. The second-order valence-corrected chi connectivity index (χ2v) is 10.9. The number of hydrogen-bond donors (Lipinski definition) is 2. The Balaban J connectivity index is 2.56. The number of hydrogen-bond acceptors (Lipinski definition) is 4. The number of alkyl carbamates (subject to hydrolysis) is 1. The highest BCUT2D eigenvalue weighted by molar-refractivity contribution is 5.99. The smallest absolute Gasteiger partial charge is 0.408 e. The molecule has 0 radical (unpaired) electrons. The number of anilines is 1. The molecule has 0 saturated carbocycles. The number of amides is 3. The highest BCUT2D eigenvalue weighted by Gasteiger charge is 2.38. The van der Waals surface area contributed by atoms with Crippen molar-refractivity contribution in [3.05, 3.63) is 64.7 Å². The van der Waals surface area contributed by atoms with Crippen LogP contribution in [0.5, 0.6) is 0 Å². The molecule has 37 heavy (non-hydrogen) atoms. The van der Waals surface area contributed by atoms with Gasteiger partial charge in [0.15, 0.2) is 0 Å². The summed E-state index contributed by atoms with van der Waals surface area (Å²) in [5, 5.41) is 5.80. The molecule has 0 aliphatic rings. The summed E-state index contributed by atoms with van der Waals surface area (Å²) >= 11 is 0. The Labute approximate surface area is 222 Å². The predicted molar refractivity (Wildman–Crippen MR) is 148 cm³/mol. The molecule has 2 unspecified atom stereocenters. The van der Waals surface area contributed by atoms with Gasteiger partial charge in [-0.05, 0) is 82.2 Å². The molecular formula is C30H43N3O4. The SMILES string of the molecule is CCCN(C(=O)C(NC(=O)OC(C)(C)C)C(C)C)C(C(=O)Nc1ccccc1C)c1cccc(C)c1C. The summed E-state index contributed by atoms with van der Waals surface area (Å²) in [4.78, 5) is 42.2. The van der Waals surface area contributed by atoms with Crippen LogP contribution in [-0.4, -0.2) is 41.0 Å². The van der Waals surface area contributed by atoms with Gasteiger partial charge in [-0.1, -0.05) is 57.2 Å². The summed E-state index contributed by atoms with van der Waals surface area (Å²) in [5.41, 5.74) is 3.65. The third kappa shape index (κ3) is 8.07. The fourth-order valence-corrected chi connectivity index (χ4v) is 4.17. The van der Waals surface area contributed by atoms with Gasteiger partial charge < -0.3 is 20.3 Å². The average molecular weight is 510 g/mol. The Kier molecular flexibility index (Phi) is 10.3. The molecule has 3 amide bonds. The van der Waals surface area contributed by atoms with Crippen molar-refractivity contribution >= 4 is 23.6 Å². The van der Waals surface area contributed by atoms with Gasteiger partial charge in [0, 0.05) is 12.2 Å².